The highest BCUT2D eigenvalue weighted by molar-refractivity contribution is 7.98. The third-order valence-corrected chi connectivity index (χ3v) is 5.56. The predicted molar refractivity (Wildman–Crippen MR) is 93.8 cm³/mol. The number of hydrogen-bond acceptors (Lipinski definition) is 5. The van der Waals surface area contributed by atoms with E-state index in [1.54, 1.807) is 24.0 Å². The number of nitrogens with zero attached hydrogens (tertiary/aromatic N) is 3. The predicted octanol–water partition coefficient (Wildman–Crippen LogP) is 2.50. The Morgan fingerprint density at radius 2 is 2.38 bits per heavy atom. The molecule has 1 fully saturated rings. The Bertz CT molecular complexity index is 694. The van der Waals surface area contributed by atoms with Crippen LogP contribution in [0.1, 0.15) is 36.1 Å². The van der Waals surface area contributed by atoms with Crippen LogP contribution in [0.2, 0.25) is 0 Å². The van der Waals surface area contributed by atoms with Gasteiger partial charge in [0.1, 0.15) is 5.76 Å². The van der Waals surface area contributed by atoms with Gasteiger partial charge in [-0.05, 0) is 37.8 Å². The van der Waals surface area contributed by atoms with Gasteiger partial charge in [-0.3, -0.25) is 4.79 Å². The van der Waals surface area contributed by atoms with E-state index in [1.165, 1.54) is 0 Å². The fourth-order valence-electron chi connectivity index (χ4n) is 2.98. The van der Waals surface area contributed by atoms with E-state index in [2.05, 4.69) is 4.98 Å². The summed E-state index contributed by atoms with van der Waals surface area (Å²) in [4.78, 5) is 18.8. The first kappa shape index (κ1) is 17.1. The number of likely N-dealkylation sites (tertiary alicyclic amines) is 1. The summed E-state index contributed by atoms with van der Waals surface area (Å²) in [6.45, 7) is 3.51. The van der Waals surface area contributed by atoms with Gasteiger partial charge in [0.15, 0.2) is 10.9 Å². The average Bonchev–Trinajstić information content (AvgIpc) is 3.21. The van der Waals surface area contributed by atoms with Crippen molar-refractivity contribution >= 4 is 17.7 Å². The maximum absolute atomic E-state index is 12.6. The first-order valence-corrected chi connectivity index (χ1v) is 9.27. The van der Waals surface area contributed by atoms with E-state index in [1.807, 2.05) is 35.7 Å². The van der Waals surface area contributed by atoms with Crippen LogP contribution in [0.5, 0.6) is 0 Å². The molecule has 0 aromatic carbocycles. The number of amides is 1. The third-order valence-electron chi connectivity index (χ3n) is 4.48. The molecular formula is C17H24N4O2S. The van der Waals surface area contributed by atoms with Gasteiger partial charge in [-0.2, -0.15) is 0 Å². The lowest BCUT2D eigenvalue weighted by atomic mass is 9.92. The zero-order chi connectivity index (χ0) is 17.1. The molecule has 7 heteroatoms. The Hall–Kier alpha value is -1.73. The third kappa shape index (κ3) is 3.84. The van der Waals surface area contributed by atoms with Gasteiger partial charge in [0.25, 0.3) is 5.91 Å². The summed E-state index contributed by atoms with van der Waals surface area (Å²) in [5, 5.41) is 0.926. The summed E-state index contributed by atoms with van der Waals surface area (Å²) >= 11 is 1.59. The van der Waals surface area contributed by atoms with E-state index in [4.69, 9.17) is 10.2 Å². The molecule has 1 saturated heterocycles. The van der Waals surface area contributed by atoms with Crippen LogP contribution in [0, 0.1) is 5.92 Å². The second-order valence-corrected chi connectivity index (χ2v) is 7.33. The van der Waals surface area contributed by atoms with E-state index in [0.717, 1.165) is 30.3 Å². The highest BCUT2D eigenvalue weighted by atomic mass is 32.2. The van der Waals surface area contributed by atoms with Crippen LogP contribution >= 0.6 is 11.8 Å². The van der Waals surface area contributed by atoms with Crippen LogP contribution < -0.4 is 5.73 Å². The molecule has 6 nitrogen and oxygen atoms in total. The molecule has 3 heterocycles. The molecule has 0 radical (unpaired) electrons. The SMILES string of the molecule is C[C@H](N)[C@H]1CCCN(C(=O)c2ccc(CSc3nccn3C)o2)C1. The van der Waals surface area contributed by atoms with Gasteiger partial charge in [-0.25, -0.2) is 4.98 Å². The fourth-order valence-corrected chi connectivity index (χ4v) is 3.80. The first-order valence-electron chi connectivity index (χ1n) is 8.28. The van der Waals surface area contributed by atoms with Crippen LogP contribution in [0.3, 0.4) is 0 Å². The van der Waals surface area contributed by atoms with Crippen LogP contribution in [-0.2, 0) is 12.8 Å². The second-order valence-electron chi connectivity index (χ2n) is 6.39. The summed E-state index contributed by atoms with van der Waals surface area (Å²) in [5.74, 6) is 2.19. The zero-order valence-electron chi connectivity index (χ0n) is 14.1. The number of piperidine rings is 1. The van der Waals surface area contributed by atoms with E-state index in [-0.39, 0.29) is 11.9 Å². The molecule has 1 aliphatic rings. The number of aryl methyl sites for hydroxylation is 1. The van der Waals surface area contributed by atoms with Crippen LogP contribution in [0.25, 0.3) is 0 Å². The Morgan fingerprint density at radius 1 is 1.54 bits per heavy atom. The van der Waals surface area contributed by atoms with Gasteiger partial charge in [-0.1, -0.05) is 11.8 Å². The van der Waals surface area contributed by atoms with Crippen molar-refractivity contribution < 1.29 is 9.21 Å². The lowest BCUT2D eigenvalue weighted by molar-refractivity contribution is 0.0627. The highest BCUT2D eigenvalue weighted by Gasteiger charge is 2.27. The van der Waals surface area contributed by atoms with Crippen LogP contribution in [0.15, 0.2) is 34.1 Å². The van der Waals surface area contributed by atoms with Crippen molar-refractivity contribution in [2.75, 3.05) is 13.1 Å². The maximum atomic E-state index is 12.6. The first-order chi connectivity index (χ1) is 11.5. The molecule has 24 heavy (non-hydrogen) atoms. The van der Waals surface area contributed by atoms with Gasteiger partial charge in [0.05, 0.1) is 5.75 Å². The topological polar surface area (TPSA) is 77.3 Å². The number of nitrogens with two attached hydrogens (primary N) is 1. The maximum Gasteiger partial charge on any atom is 0.289 e. The van der Waals surface area contributed by atoms with E-state index >= 15 is 0 Å². The molecular weight excluding hydrogens is 324 g/mol. The summed E-state index contributed by atoms with van der Waals surface area (Å²) in [5.41, 5.74) is 6.00. The van der Waals surface area contributed by atoms with Gasteiger partial charge in [0.2, 0.25) is 0 Å². The smallest absolute Gasteiger partial charge is 0.289 e. The molecule has 0 unspecified atom stereocenters. The average molecular weight is 348 g/mol. The Labute approximate surface area is 146 Å². The summed E-state index contributed by atoms with van der Waals surface area (Å²) in [6, 6.07) is 3.75. The van der Waals surface area contributed by atoms with Crippen LogP contribution in [0.4, 0.5) is 0 Å². The fraction of sp³-hybridized carbons (Fsp3) is 0.529. The van der Waals surface area contributed by atoms with Crippen molar-refractivity contribution in [3.8, 4) is 0 Å². The van der Waals surface area contributed by atoms with E-state index in [0.29, 0.717) is 24.0 Å². The van der Waals surface area contributed by atoms with Crippen molar-refractivity contribution in [2.45, 2.75) is 36.7 Å². The molecule has 2 N–H and O–H groups in total. The lowest BCUT2D eigenvalue weighted by Crippen LogP contribution is -2.44. The largest absolute Gasteiger partial charge is 0.455 e. The van der Waals surface area contributed by atoms with Crippen LogP contribution in [-0.4, -0.2) is 39.5 Å². The zero-order valence-corrected chi connectivity index (χ0v) is 15.0. The van der Waals surface area contributed by atoms with Crippen molar-refractivity contribution in [3.63, 3.8) is 0 Å². The Morgan fingerprint density at radius 3 is 3.08 bits per heavy atom. The monoisotopic (exact) mass is 348 g/mol. The number of hydrogen-bond donors (Lipinski definition) is 1. The molecule has 3 rings (SSSR count). The van der Waals surface area contributed by atoms with Gasteiger partial charge in [0, 0.05) is 38.6 Å². The minimum atomic E-state index is -0.0337. The van der Waals surface area contributed by atoms with Crippen molar-refractivity contribution in [3.05, 3.63) is 36.0 Å². The Kier molecular flexibility index (Phi) is 5.30. The van der Waals surface area contributed by atoms with E-state index < -0.39 is 0 Å². The minimum Gasteiger partial charge on any atom is -0.455 e. The van der Waals surface area contributed by atoms with E-state index in [9.17, 15) is 4.79 Å². The van der Waals surface area contributed by atoms with Crippen molar-refractivity contribution in [1.82, 2.24) is 14.5 Å². The second kappa shape index (κ2) is 7.44. The quantitative estimate of drug-likeness (QED) is 0.840. The number of carbonyl (C=O) groups is 1. The number of aromatic nitrogens is 2. The van der Waals surface area contributed by atoms with Crippen molar-refractivity contribution in [1.29, 1.82) is 0 Å². The minimum absolute atomic E-state index is 0.0337. The molecule has 0 bridgehead atoms. The summed E-state index contributed by atoms with van der Waals surface area (Å²) in [7, 11) is 1.96. The number of furan rings is 1. The summed E-state index contributed by atoms with van der Waals surface area (Å²) < 4.78 is 7.71. The molecule has 130 valence electrons. The number of rotatable bonds is 5. The number of thioether (sulfide) groups is 1. The van der Waals surface area contributed by atoms with Gasteiger partial charge in [-0.15, -0.1) is 0 Å². The summed E-state index contributed by atoms with van der Waals surface area (Å²) in [6.07, 6.45) is 5.76. The molecule has 2 atom stereocenters. The molecule has 2 aromatic rings. The van der Waals surface area contributed by atoms with Gasteiger partial charge >= 0.3 is 0 Å². The molecule has 1 aliphatic heterocycles. The standard InChI is InChI=1S/C17H24N4O2S/c1-12(18)13-4-3-8-21(10-13)16(22)15-6-5-14(23-15)11-24-17-19-7-9-20(17)2/h5-7,9,12-13H,3-4,8,10-11,18H2,1-2H3/t12-,13-/m0/s1. The molecule has 0 saturated carbocycles. The number of imidazole rings is 1. The normalized spacial score (nSPS) is 19.5. The van der Waals surface area contributed by atoms with Crippen molar-refractivity contribution in [2.24, 2.45) is 18.7 Å². The van der Waals surface area contributed by atoms with Gasteiger partial charge < -0.3 is 19.6 Å². The highest BCUT2D eigenvalue weighted by Crippen LogP contribution is 2.24. The lowest BCUT2D eigenvalue weighted by Gasteiger charge is -2.34. The molecule has 0 spiro atoms. The Balaban J connectivity index is 1.60. The molecule has 0 aliphatic carbocycles. The number of carbonyl (C=O) groups excluding carboxylic acids is 1. The molecule has 1 amide bonds. The molecule has 2 aromatic heterocycles.